The van der Waals surface area contributed by atoms with Crippen LogP contribution in [-0.4, -0.2) is 21.6 Å². The van der Waals surface area contributed by atoms with E-state index in [2.05, 4.69) is 22.1 Å². The molecule has 5 rings (SSSR count). The molecule has 0 saturated heterocycles. The zero-order valence-electron chi connectivity index (χ0n) is 17.6. The molecule has 0 atom stereocenters. The molecule has 4 nitrogen and oxygen atoms in total. The van der Waals surface area contributed by atoms with Gasteiger partial charge in [-0.15, -0.1) is 0 Å². The molecular formula is C26H20Cl2N4. The first-order chi connectivity index (χ1) is 15.5. The first-order valence-corrected chi connectivity index (χ1v) is 10.9. The number of benzene rings is 3. The van der Waals surface area contributed by atoms with Gasteiger partial charge in [-0.05, 0) is 36.4 Å². The molecule has 0 unspecified atom stereocenters. The SMILES string of the molecule is Cn1c(Cl)c(C=Nc2ccc(N=Cc3c(Cl)n(C)c4ccccc34)cc2)c2ccccc21. The molecular weight excluding hydrogens is 439 g/mol. The number of halogens is 2. The van der Waals surface area contributed by atoms with E-state index in [9.17, 15) is 0 Å². The smallest absolute Gasteiger partial charge is 0.118 e. The van der Waals surface area contributed by atoms with Crippen molar-refractivity contribution >= 4 is 68.8 Å². The maximum atomic E-state index is 6.52. The molecule has 5 aromatic rings. The fourth-order valence-corrected chi connectivity index (χ4v) is 4.41. The van der Waals surface area contributed by atoms with Gasteiger partial charge in [0.05, 0.1) is 11.4 Å². The first-order valence-electron chi connectivity index (χ1n) is 10.2. The van der Waals surface area contributed by atoms with E-state index in [1.807, 2.05) is 96.3 Å². The molecule has 158 valence electrons. The Morgan fingerprint density at radius 3 is 1.38 bits per heavy atom. The first kappa shape index (κ1) is 20.6. The summed E-state index contributed by atoms with van der Waals surface area (Å²) in [6.07, 6.45) is 3.64. The Bertz CT molecular complexity index is 1390. The van der Waals surface area contributed by atoms with Gasteiger partial charge in [0, 0.05) is 59.5 Å². The topological polar surface area (TPSA) is 34.6 Å². The average Bonchev–Trinajstić information content (AvgIpc) is 3.22. The lowest BCUT2D eigenvalue weighted by atomic mass is 10.2. The van der Waals surface area contributed by atoms with Crippen LogP contribution in [0.15, 0.2) is 82.8 Å². The quantitative estimate of drug-likeness (QED) is 0.250. The number of aliphatic imine (C=N–C) groups is 2. The Hall–Kier alpha value is -3.34. The highest BCUT2D eigenvalue weighted by Gasteiger charge is 2.12. The third kappa shape index (κ3) is 3.52. The zero-order chi connectivity index (χ0) is 22.2. The molecule has 0 fully saturated rings. The predicted molar refractivity (Wildman–Crippen MR) is 137 cm³/mol. The summed E-state index contributed by atoms with van der Waals surface area (Å²) in [4.78, 5) is 9.24. The molecule has 0 saturated carbocycles. The summed E-state index contributed by atoms with van der Waals surface area (Å²) < 4.78 is 3.93. The van der Waals surface area contributed by atoms with Gasteiger partial charge in [0.25, 0.3) is 0 Å². The van der Waals surface area contributed by atoms with Crippen molar-refractivity contribution in [2.24, 2.45) is 24.1 Å². The van der Waals surface area contributed by atoms with Crippen molar-refractivity contribution in [3.63, 3.8) is 0 Å². The number of para-hydroxylation sites is 2. The van der Waals surface area contributed by atoms with Crippen LogP contribution in [-0.2, 0) is 14.1 Å². The van der Waals surface area contributed by atoms with E-state index >= 15 is 0 Å². The van der Waals surface area contributed by atoms with Crippen molar-refractivity contribution in [2.45, 2.75) is 0 Å². The number of hydrogen-bond acceptors (Lipinski definition) is 2. The second-order valence-corrected chi connectivity index (χ2v) is 8.31. The summed E-state index contributed by atoms with van der Waals surface area (Å²) in [7, 11) is 3.91. The van der Waals surface area contributed by atoms with Crippen LogP contribution in [0.1, 0.15) is 11.1 Å². The maximum absolute atomic E-state index is 6.52. The average molecular weight is 459 g/mol. The van der Waals surface area contributed by atoms with Crippen LogP contribution >= 0.6 is 23.2 Å². The highest BCUT2D eigenvalue weighted by atomic mass is 35.5. The van der Waals surface area contributed by atoms with Gasteiger partial charge >= 0.3 is 0 Å². The van der Waals surface area contributed by atoms with E-state index < -0.39 is 0 Å². The Morgan fingerprint density at radius 2 is 0.969 bits per heavy atom. The fraction of sp³-hybridized carbons (Fsp3) is 0.0769. The Balaban J connectivity index is 1.40. The Kier molecular flexibility index (Phi) is 5.33. The molecule has 2 aromatic heterocycles. The fourth-order valence-electron chi connectivity index (χ4n) is 3.93. The minimum atomic E-state index is 0.670. The molecule has 3 aromatic carbocycles. The molecule has 2 heterocycles. The number of hydrogen-bond donors (Lipinski definition) is 0. The standard InChI is InChI=1S/C26H20Cl2N4/c1-31-23-9-5-3-7-19(23)21(25(31)27)15-29-17-11-13-18(14-12-17)30-16-22-20-8-4-6-10-24(20)32(2)26(22)28/h3-16H,1-2H3. The molecule has 0 aliphatic rings. The van der Waals surface area contributed by atoms with Crippen LogP contribution in [0.2, 0.25) is 10.3 Å². The van der Waals surface area contributed by atoms with Gasteiger partial charge in [-0.2, -0.15) is 0 Å². The van der Waals surface area contributed by atoms with Crippen LogP contribution < -0.4 is 0 Å². The van der Waals surface area contributed by atoms with Crippen molar-refractivity contribution in [3.8, 4) is 0 Å². The zero-order valence-corrected chi connectivity index (χ0v) is 19.1. The number of aromatic nitrogens is 2. The number of aryl methyl sites for hydroxylation is 2. The Morgan fingerprint density at radius 1 is 0.594 bits per heavy atom. The van der Waals surface area contributed by atoms with Crippen molar-refractivity contribution in [1.82, 2.24) is 9.13 Å². The van der Waals surface area contributed by atoms with Gasteiger partial charge in [-0.25, -0.2) is 0 Å². The van der Waals surface area contributed by atoms with Gasteiger partial charge in [-0.3, -0.25) is 9.98 Å². The molecule has 0 amide bonds. The highest BCUT2D eigenvalue weighted by Crippen LogP contribution is 2.30. The molecule has 0 bridgehead atoms. The third-order valence-corrected chi connectivity index (χ3v) is 6.59. The summed E-state index contributed by atoms with van der Waals surface area (Å²) in [6, 6.07) is 24.0. The van der Waals surface area contributed by atoms with E-state index in [1.165, 1.54) is 0 Å². The monoisotopic (exact) mass is 458 g/mol. The summed E-state index contributed by atoms with van der Waals surface area (Å²) in [5.74, 6) is 0. The minimum Gasteiger partial charge on any atom is -0.334 e. The molecule has 6 heteroatoms. The largest absolute Gasteiger partial charge is 0.334 e. The lowest BCUT2D eigenvalue weighted by Crippen LogP contribution is -1.87. The summed E-state index contributed by atoms with van der Waals surface area (Å²) in [5.41, 5.74) is 5.65. The van der Waals surface area contributed by atoms with Gasteiger partial charge < -0.3 is 9.13 Å². The van der Waals surface area contributed by atoms with E-state index in [1.54, 1.807) is 0 Å². The number of rotatable bonds is 4. The molecule has 0 N–H and O–H groups in total. The van der Waals surface area contributed by atoms with Crippen LogP contribution in [0.4, 0.5) is 11.4 Å². The Labute approximate surface area is 196 Å². The van der Waals surface area contributed by atoms with E-state index in [4.69, 9.17) is 23.2 Å². The summed E-state index contributed by atoms with van der Waals surface area (Å²) in [6.45, 7) is 0. The molecule has 0 aliphatic carbocycles. The summed E-state index contributed by atoms with van der Waals surface area (Å²) >= 11 is 13.0. The third-order valence-electron chi connectivity index (χ3n) is 5.68. The van der Waals surface area contributed by atoms with Gasteiger partial charge in [-0.1, -0.05) is 59.6 Å². The normalized spacial score (nSPS) is 12.1. The van der Waals surface area contributed by atoms with Gasteiger partial charge in [0.15, 0.2) is 0 Å². The molecule has 32 heavy (non-hydrogen) atoms. The van der Waals surface area contributed by atoms with Gasteiger partial charge in [0.1, 0.15) is 10.3 Å². The van der Waals surface area contributed by atoms with Crippen LogP contribution in [0.3, 0.4) is 0 Å². The summed E-state index contributed by atoms with van der Waals surface area (Å²) in [5, 5.41) is 3.50. The van der Waals surface area contributed by atoms with E-state index in [-0.39, 0.29) is 0 Å². The minimum absolute atomic E-state index is 0.670. The second-order valence-electron chi connectivity index (χ2n) is 7.59. The second kappa shape index (κ2) is 8.30. The van der Waals surface area contributed by atoms with Crippen molar-refractivity contribution < 1.29 is 0 Å². The van der Waals surface area contributed by atoms with Crippen LogP contribution in [0.25, 0.3) is 21.8 Å². The number of nitrogens with zero attached hydrogens (tertiary/aromatic N) is 4. The van der Waals surface area contributed by atoms with E-state index in [0.29, 0.717) is 10.3 Å². The van der Waals surface area contributed by atoms with Gasteiger partial charge in [0.2, 0.25) is 0 Å². The molecule has 0 aliphatic heterocycles. The highest BCUT2D eigenvalue weighted by molar-refractivity contribution is 6.35. The van der Waals surface area contributed by atoms with Crippen molar-refractivity contribution in [1.29, 1.82) is 0 Å². The van der Waals surface area contributed by atoms with Crippen LogP contribution in [0.5, 0.6) is 0 Å². The van der Waals surface area contributed by atoms with Crippen molar-refractivity contribution in [3.05, 3.63) is 94.2 Å². The molecule has 0 spiro atoms. The van der Waals surface area contributed by atoms with Crippen LogP contribution in [0, 0.1) is 0 Å². The lowest BCUT2D eigenvalue weighted by Gasteiger charge is -1.98. The lowest BCUT2D eigenvalue weighted by molar-refractivity contribution is 0.969. The predicted octanol–water partition coefficient (Wildman–Crippen LogP) is 7.48. The maximum Gasteiger partial charge on any atom is 0.118 e. The number of fused-ring (bicyclic) bond motifs is 2. The van der Waals surface area contributed by atoms with E-state index in [0.717, 1.165) is 44.3 Å². The van der Waals surface area contributed by atoms with Crippen molar-refractivity contribution in [2.75, 3.05) is 0 Å². The molecule has 0 radical (unpaired) electrons.